The van der Waals surface area contributed by atoms with E-state index in [0.29, 0.717) is 0 Å². The van der Waals surface area contributed by atoms with Crippen molar-refractivity contribution in [1.82, 2.24) is 0 Å². The van der Waals surface area contributed by atoms with Gasteiger partial charge in [-0.25, -0.2) is 0 Å². The summed E-state index contributed by atoms with van der Waals surface area (Å²) in [6.45, 7) is 13.0. The fourth-order valence-corrected chi connectivity index (χ4v) is 0. The molecule has 0 nitrogen and oxygen atoms in total. The van der Waals surface area contributed by atoms with Crippen LogP contribution >= 0.6 is 0 Å². The van der Waals surface area contributed by atoms with Crippen molar-refractivity contribution in [2.24, 2.45) is 0 Å². The Hall–Kier alpha value is 0.597. The molecule has 0 aromatic carbocycles. The topological polar surface area (TPSA) is 0 Å². The molecule has 0 saturated heterocycles. The van der Waals surface area contributed by atoms with E-state index < -0.39 is 0 Å². The minimum absolute atomic E-state index is 0. The van der Waals surface area contributed by atoms with Crippen LogP contribution in [0.25, 0.3) is 0 Å². The van der Waals surface area contributed by atoms with E-state index in [1.165, 1.54) is 12.2 Å². The molecular formula is C6H10CuLi. The first kappa shape index (κ1) is 23.5. The van der Waals surface area contributed by atoms with E-state index in [4.69, 9.17) is 13.2 Å². The third-order valence-corrected chi connectivity index (χ3v) is 0. The van der Waals surface area contributed by atoms with E-state index in [-0.39, 0.29) is 35.9 Å². The van der Waals surface area contributed by atoms with Crippen LogP contribution in [-0.2, 0) is 17.1 Å². The Balaban J connectivity index is -0.0000000160. The SMILES string of the molecule is [CH-]=CC.[CH-]=CC.[Cu+].[Li+]. The van der Waals surface area contributed by atoms with Crippen molar-refractivity contribution in [2.75, 3.05) is 0 Å². The van der Waals surface area contributed by atoms with Crippen LogP contribution in [0, 0.1) is 13.2 Å². The summed E-state index contributed by atoms with van der Waals surface area (Å²) >= 11 is 0. The first-order valence-electron chi connectivity index (χ1n) is 1.82. The van der Waals surface area contributed by atoms with Crippen molar-refractivity contribution in [3.05, 3.63) is 25.3 Å². The number of rotatable bonds is 0. The van der Waals surface area contributed by atoms with Gasteiger partial charge in [0.25, 0.3) is 0 Å². The minimum atomic E-state index is 0. The minimum Gasteiger partial charge on any atom is -0.518 e. The van der Waals surface area contributed by atoms with E-state index in [0.717, 1.165) is 0 Å². The predicted octanol–water partition coefficient (Wildman–Crippen LogP) is -1.01. The average Bonchev–Trinajstić information content (AvgIpc) is 1.39. The smallest absolute Gasteiger partial charge is 0.518 e. The summed E-state index contributed by atoms with van der Waals surface area (Å²) in [5.74, 6) is 0. The molecule has 0 unspecified atom stereocenters. The van der Waals surface area contributed by atoms with Gasteiger partial charge in [-0.3, -0.25) is 12.2 Å². The predicted molar refractivity (Wildman–Crippen MR) is 29.1 cm³/mol. The van der Waals surface area contributed by atoms with Gasteiger partial charge in [0, 0.05) is 0 Å². The van der Waals surface area contributed by atoms with Crippen molar-refractivity contribution in [2.45, 2.75) is 13.8 Å². The molecule has 0 fully saturated rings. The summed E-state index contributed by atoms with van der Waals surface area (Å²) in [6.07, 6.45) is 3.00. The molecule has 0 aromatic heterocycles. The summed E-state index contributed by atoms with van der Waals surface area (Å²) < 4.78 is 0. The van der Waals surface area contributed by atoms with Gasteiger partial charge in [0.1, 0.15) is 0 Å². The summed E-state index contributed by atoms with van der Waals surface area (Å²) in [5.41, 5.74) is 0. The van der Waals surface area contributed by atoms with Crippen molar-refractivity contribution >= 4 is 0 Å². The molecule has 0 radical (unpaired) electrons. The Morgan fingerprint density at radius 1 is 1.00 bits per heavy atom. The number of hydrogen-bond donors (Lipinski definition) is 0. The maximum Gasteiger partial charge on any atom is 1.00 e. The summed E-state index contributed by atoms with van der Waals surface area (Å²) in [4.78, 5) is 0. The van der Waals surface area contributed by atoms with Crippen molar-refractivity contribution < 1.29 is 35.9 Å². The standard InChI is InChI=1S/2C3H5.Cu.Li/c2*1-3-2;;/h2*1,3H,2H3;;/q2*-1;2*+1. The van der Waals surface area contributed by atoms with Crippen LogP contribution in [-0.4, -0.2) is 0 Å². The number of hydrogen-bond acceptors (Lipinski definition) is 0. The maximum atomic E-state index is 4.72. The molecule has 0 aliphatic carbocycles. The molecule has 0 bridgehead atoms. The molecule has 0 amide bonds. The van der Waals surface area contributed by atoms with Crippen LogP contribution in [0.5, 0.6) is 0 Å². The van der Waals surface area contributed by atoms with Crippen LogP contribution < -0.4 is 18.9 Å². The molecule has 0 saturated carbocycles. The second-order valence-corrected chi connectivity index (χ2v) is 0.667. The molecule has 46 valence electrons. The third-order valence-electron chi connectivity index (χ3n) is 0. The molecule has 0 N–H and O–H groups in total. The second kappa shape index (κ2) is 49.0. The Bertz CT molecular complexity index is 29.5. The van der Waals surface area contributed by atoms with E-state index in [1.54, 1.807) is 13.8 Å². The first-order chi connectivity index (χ1) is 2.83. The van der Waals surface area contributed by atoms with Gasteiger partial charge < -0.3 is 13.2 Å². The second-order valence-electron chi connectivity index (χ2n) is 0.667. The van der Waals surface area contributed by atoms with E-state index in [9.17, 15) is 0 Å². The number of allylic oxidation sites excluding steroid dienone is 2. The molecule has 0 heterocycles. The van der Waals surface area contributed by atoms with Gasteiger partial charge in [-0.1, -0.05) is 13.8 Å². The molecule has 2 heteroatoms. The van der Waals surface area contributed by atoms with Gasteiger partial charge in [0.05, 0.1) is 0 Å². The molecule has 0 rings (SSSR count). The molecule has 0 aromatic rings. The largest absolute Gasteiger partial charge is 1.00 e. The van der Waals surface area contributed by atoms with E-state index >= 15 is 0 Å². The Morgan fingerprint density at radius 3 is 1.00 bits per heavy atom. The zero-order valence-corrected chi connectivity index (χ0v) is 6.55. The summed E-state index contributed by atoms with van der Waals surface area (Å²) in [5, 5.41) is 0. The fraction of sp³-hybridized carbons (Fsp3) is 0.333. The van der Waals surface area contributed by atoms with Gasteiger partial charge in [-0.15, -0.1) is 0 Å². The maximum absolute atomic E-state index is 4.72. The summed E-state index contributed by atoms with van der Waals surface area (Å²) in [6, 6.07) is 0. The Labute approximate surface area is 75.1 Å². The van der Waals surface area contributed by atoms with Gasteiger partial charge in [0.2, 0.25) is 0 Å². The van der Waals surface area contributed by atoms with Crippen LogP contribution in [0.2, 0.25) is 0 Å². The van der Waals surface area contributed by atoms with Crippen molar-refractivity contribution in [3.8, 4) is 0 Å². The fourth-order valence-electron chi connectivity index (χ4n) is 0. The average molecular weight is 153 g/mol. The van der Waals surface area contributed by atoms with Gasteiger partial charge in [-0.05, 0) is 0 Å². The van der Waals surface area contributed by atoms with Crippen LogP contribution in [0.3, 0.4) is 0 Å². The van der Waals surface area contributed by atoms with E-state index in [1.807, 2.05) is 0 Å². The molecule has 0 spiro atoms. The quantitative estimate of drug-likeness (QED) is 0.309. The van der Waals surface area contributed by atoms with Crippen molar-refractivity contribution in [1.29, 1.82) is 0 Å². The van der Waals surface area contributed by atoms with Gasteiger partial charge in [0.15, 0.2) is 0 Å². The Morgan fingerprint density at radius 2 is 1.00 bits per heavy atom. The van der Waals surface area contributed by atoms with Gasteiger partial charge >= 0.3 is 35.9 Å². The zero-order valence-electron chi connectivity index (χ0n) is 5.61. The van der Waals surface area contributed by atoms with Crippen LogP contribution in [0.1, 0.15) is 13.8 Å². The zero-order chi connectivity index (χ0) is 5.41. The van der Waals surface area contributed by atoms with Crippen LogP contribution in [0.15, 0.2) is 12.2 Å². The molecule has 8 heavy (non-hydrogen) atoms. The van der Waals surface area contributed by atoms with E-state index in [2.05, 4.69) is 0 Å². The third kappa shape index (κ3) is 580. The first-order valence-corrected chi connectivity index (χ1v) is 1.82. The monoisotopic (exact) mass is 152 g/mol. The summed E-state index contributed by atoms with van der Waals surface area (Å²) in [7, 11) is 0. The van der Waals surface area contributed by atoms with Crippen molar-refractivity contribution in [3.63, 3.8) is 0 Å². The molecular weight excluding hydrogens is 143 g/mol. The normalized spacial score (nSPS) is 3.25. The van der Waals surface area contributed by atoms with Gasteiger partial charge in [-0.2, -0.15) is 0 Å². The molecule has 0 aliphatic rings. The molecule has 0 atom stereocenters. The Kier molecular flexibility index (Phi) is 144. The van der Waals surface area contributed by atoms with Crippen LogP contribution in [0.4, 0.5) is 0 Å². The molecule has 0 aliphatic heterocycles.